The van der Waals surface area contributed by atoms with Gasteiger partial charge in [0.25, 0.3) is 6.47 Å². The number of amides is 1. The molecule has 3 saturated heterocycles. The monoisotopic (exact) mass is 447 g/mol. The number of carbonyl (C=O) groups excluding carboxylic acids is 1. The number of carboxylic acid groups (broad SMARTS) is 1. The molecule has 3 fully saturated rings. The summed E-state index contributed by atoms with van der Waals surface area (Å²) in [7, 11) is 0. The van der Waals surface area contributed by atoms with Crippen molar-refractivity contribution < 1.29 is 24.2 Å². The van der Waals surface area contributed by atoms with E-state index in [0.29, 0.717) is 11.9 Å². The first-order chi connectivity index (χ1) is 15.6. The van der Waals surface area contributed by atoms with E-state index in [1.165, 1.54) is 5.56 Å². The van der Waals surface area contributed by atoms with Gasteiger partial charge in [-0.2, -0.15) is 0 Å². The third-order valence-electron chi connectivity index (χ3n) is 6.54. The average molecular weight is 448 g/mol. The van der Waals surface area contributed by atoms with E-state index in [1.807, 2.05) is 13.0 Å². The summed E-state index contributed by atoms with van der Waals surface area (Å²) in [4.78, 5) is 27.9. The molecule has 0 bridgehead atoms. The number of morpholine rings is 1. The molecule has 1 aromatic carbocycles. The maximum Gasteiger partial charge on any atom is 0.290 e. The molecule has 0 saturated carbocycles. The molecule has 8 nitrogen and oxygen atoms in total. The van der Waals surface area contributed by atoms with E-state index < -0.39 is 0 Å². The quantitative estimate of drug-likeness (QED) is 0.483. The van der Waals surface area contributed by atoms with E-state index in [9.17, 15) is 4.79 Å². The van der Waals surface area contributed by atoms with E-state index in [1.54, 1.807) is 0 Å². The van der Waals surface area contributed by atoms with Crippen LogP contribution >= 0.6 is 0 Å². The number of ether oxygens (including phenoxy) is 2. The number of carbonyl (C=O) groups is 2. The summed E-state index contributed by atoms with van der Waals surface area (Å²) >= 11 is 0. The third kappa shape index (κ3) is 6.92. The zero-order valence-corrected chi connectivity index (χ0v) is 19.2. The van der Waals surface area contributed by atoms with E-state index in [2.05, 4.69) is 32.9 Å². The van der Waals surface area contributed by atoms with Gasteiger partial charge in [0.15, 0.2) is 0 Å². The first-order valence-corrected chi connectivity index (χ1v) is 11.8. The third-order valence-corrected chi connectivity index (χ3v) is 6.54. The Kier molecular flexibility index (Phi) is 9.77. The minimum atomic E-state index is -0.250. The lowest BCUT2D eigenvalue weighted by Crippen LogP contribution is -2.58. The molecule has 8 heteroatoms. The van der Waals surface area contributed by atoms with Crippen molar-refractivity contribution >= 4 is 12.4 Å². The normalized spacial score (nSPS) is 23.9. The Morgan fingerprint density at radius 1 is 1.22 bits per heavy atom. The highest BCUT2D eigenvalue weighted by atomic mass is 16.5. The molecule has 3 aliphatic heterocycles. The van der Waals surface area contributed by atoms with Crippen LogP contribution in [0.2, 0.25) is 0 Å². The summed E-state index contributed by atoms with van der Waals surface area (Å²) in [6.45, 7) is 10.3. The first-order valence-electron chi connectivity index (χ1n) is 11.8. The summed E-state index contributed by atoms with van der Waals surface area (Å²) in [5.74, 6) is 1.23. The molecule has 1 N–H and O–H groups in total. The molecule has 0 aliphatic carbocycles. The van der Waals surface area contributed by atoms with Crippen molar-refractivity contribution in [2.45, 2.75) is 51.2 Å². The van der Waals surface area contributed by atoms with Crippen molar-refractivity contribution in [3.63, 3.8) is 0 Å². The van der Waals surface area contributed by atoms with Crippen LogP contribution in [0.15, 0.2) is 24.3 Å². The van der Waals surface area contributed by atoms with Crippen molar-refractivity contribution in [3.05, 3.63) is 29.8 Å². The van der Waals surface area contributed by atoms with Crippen molar-refractivity contribution in [1.82, 2.24) is 14.7 Å². The van der Waals surface area contributed by atoms with Gasteiger partial charge in [-0.05, 0) is 56.8 Å². The van der Waals surface area contributed by atoms with E-state index in [-0.39, 0.29) is 12.5 Å². The minimum Gasteiger partial charge on any atom is -0.494 e. The Morgan fingerprint density at radius 3 is 2.78 bits per heavy atom. The Morgan fingerprint density at radius 2 is 2.00 bits per heavy atom. The Hall–Kier alpha value is -2.16. The lowest BCUT2D eigenvalue weighted by molar-refractivity contribution is -0.143. The number of unbranched alkanes of at least 4 members (excludes halogenated alkanes) is 1. The predicted octanol–water partition coefficient (Wildman–Crippen LogP) is 2.07. The van der Waals surface area contributed by atoms with Gasteiger partial charge in [-0.1, -0.05) is 12.1 Å². The second-order valence-electron chi connectivity index (χ2n) is 8.70. The fourth-order valence-electron chi connectivity index (χ4n) is 4.76. The van der Waals surface area contributed by atoms with Gasteiger partial charge in [0, 0.05) is 38.8 Å². The van der Waals surface area contributed by atoms with Gasteiger partial charge < -0.3 is 19.5 Å². The van der Waals surface area contributed by atoms with Crippen molar-refractivity contribution in [2.75, 3.05) is 52.5 Å². The van der Waals surface area contributed by atoms with Gasteiger partial charge >= 0.3 is 0 Å². The largest absolute Gasteiger partial charge is 0.494 e. The molecule has 0 aromatic heterocycles. The number of hydrogen-bond acceptors (Lipinski definition) is 6. The predicted molar refractivity (Wildman–Crippen MR) is 122 cm³/mol. The molecule has 1 aromatic rings. The smallest absolute Gasteiger partial charge is 0.290 e. The molecule has 0 spiro atoms. The Labute approximate surface area is 191 Å². The van der Waals surface area contributed by atoms with Crippen molar-refractivity contribution in [1.29, 1.82) is 0 Å². The molecule has 4 rings (SSSR count). The number of hydrogen-bond donors (Lipinski definition) is 1. The number of nitrogens with zero attached hydrogens (tertiary/aromatic N) is 3. The zero-order chi connectivity index (χ0) is 22.8. The van der Waals surface area contributed by atoms with Crippen LogP contribution in [0.3, 0.4) is 0 Å². The minimum absolute atomic E-state index is 0.0332. The number of rotatable bonds is 8. The zero-order valence-electron chi connectivity index (χ0n) is 19.2. The second kappa shape index (κ2) is 12.8. The van der Waals surface area contributed by atoms with Gasteiger partial charge in [0.05, 0.1) is 25.9 Å². The van der Waals surface area contributed by atoms with Crippen LogP contribution < -0.4 is 4.74 Å². The topological polar surface area (TPSA) is 82.5 Å². The van der Waals surface area contributed by atoms with E-state index >= 15 is 0 Å². The highest BCUT2D eigenvalue weighted by molar-refractivity contribution is 5.83. The Balaban J connectivity index is 0.000000913. The van der Waals surface area contributed by atoms with Crippen LogP contribution in [0.4, 0.5) is 0 Å². The molecule has 3 aliphatic rings. The molecule has 32 heavy (non-hydrogen) atoms. The standard InChI is InChI=1S/C23H35N3O3.CH2O2/c1-19-23(27)26-10-5-7-21(26)18-25(19)17-20-6-4-8-22(16-20)29-13-3-2-9-24-11-14-28-15-12-24;2-1-3/h4,6,8,16,19,21H,2-3,5,7,9-15,17-18H2,1H3;1H,(H,2,3)/t19-,21-;/m0./s1. The fourth-order valence-corrected chi connectivity index (χ4v) is 4.76. The fraction of sp³-hybridized carbons (Fsp3) is 0.667. The van der Waals surface area contributed by atoms with Crippen molar-refractivity contribution in [2.24, 2.45) is 0 Å². The number of fused-ring (bicyclic) bond motifs is 1. The summed E-state index contributed by atoms with van der Waals surface area (Å²) in [6.07, 6.45) is 4.51. The summed E-state index contributed by atoms with van der Waals surface area (Å²) in [5.41, 5.74) is 1.22. The molecule has 2 atom stereocenters. The highest BCUT2D eigenvalue weighted by Crippen LogP contribution is 2.27. The van der Waals surface area contributed by atoms with Gasteiger partial charge in [-0.15, -0.1) is 0 Å². The number of benzene rings is 1. The SMILES string of the molecule is C[C@H]1C(=O)N2CCC[C@H]2CN1Cc1cccc(OCCCCN2CCOCC2)c1.O=CO. The molecule has 3 heterocycles. The maximum absolute atomic E-state index is 12.6. The first kappa shape index (κ1) is 24.5. The molecule has 1 amide bonds. The average Bonchev–Trinajstić information content (AvgIpc) is 3.27. The number of piperazine rings is 1. The van der Waals surface area contributed by atoms with Crippen LogP contribution in [0.5, 0.6) is 5.75 Å². The second-order valence-corrected chi connectivity index (χ2v) is 8.70. The lowest BCUT2D eigenvalue weighted by atomic mass is 10.1. The van der Waals surface area contributed by atoms with Gasteiger partial charge in [-0.3, -0.25) is 19.4 Å². The van der Waals surface area contributed by atoms with Gasteiger partial charge in [0.1, 0.15) is 5.75 Å². The van der Waals surface area contributed by atoms with Gasteiger partial charge in [-0.25, -0.2) is 0 Å². The lowest BCUT2D eigenvalue weighted by Gasteiger charge is -2.41. The van der Waals surface area contributed by atoms with E-state index in [0.717, 1.165) is 90.5 Å². The molecule has 0 unspecified atom stereocenters. The van der Waals surface area contributed by atoms with Crippen LogP contribution in [-0.2, 0) is 20.9 Å². The van der Waals surface area contributed by atoms with Gasteiger partial charge in [0.2, 0.25) is 5.91 Å². The van der Waals surface area contributed by atoms with Crippen LogP contribution in [-0.4, -0.2) is 96.8 Å². The maximum atomic E-state index is 12.6. The van der Waals surface area contributed by atoms with Crippen LogP contribution in [0.25, 0.3) is 0 Å². The summed E-state index contributed by atoms with van der Waals surface area (Å²) in [5, 5.41) is 6.89. The Bertz CT molecular complexity index is 725. The van der Waals surface area contributed by atoms with Crippen molar-refractivity contribution in [3.8, 4) is 5.75 Å². The van der Waals surface area contributed by atoms with Crippen LogP contribution in [0.1, 0.15) is 38.2 Å². The summed E-state index contributed by atoms with van der Waals surface area (Å²) in [6, 6.07) is 8.76. The molecule has 178 valence electrons. The molecule has 0 radical (unpaired) electrons. The summed E-state index contributed by atoms with van der Waals surface area (Å²) < 4.78 is 11.4. The van der Waals surface area contributed by atoms with E-state index in [4.69, 9.17) is 19.4 Å². The molecular weight excluding hydrogens is 410 g/mol. The molecular formula is C24H37N3O5. The highest BCUT2D eigenvalue weighted by Gasteiger charge is 2.39. The van der Waals surface area contributed by atoms with Crippen LogP contribution in [0, 0.1) is 0 Å².